The minimum atomic E-state index is -5.08. The first kappa shape index (κ1) is 37.9. The molecule has 21 heteroatoms. The van der Waals surface area contributed by atoms with Crippen molar-refractivity contribution in [2.24, 2.45) is 0 Å². The number of benzene rings is 1. The van der Waals surface area contributed by atoms with Gasteiger partial charge in [-0.15, -0.1) is 0 Å². The van der Waals surface area contributed by atoms with Gasteiger partial charge in [0.1, 0.15) is 11.5 Å². The minimum absolute atomic E-state index is 0.0564. The number of amides is 1. The van der Waals surface area contributed by atoms with E-state index in [-0.39, 0.29) is 24.0 Å². The number of fused-ring (bicyclic) bond motifs is 1. The molecule has 1 aliphatic rings. The second-order valence-corrected chi connectivity index (χ2v) is 8.79. The molecule has 3 aromatic rings. The summed E-state index contributed by atoms with van der Waals surface area (Å²) in [6, 6.07) is 7.07. The number of pyridine rings is 2. The van der Waals surface area contributed by atoms with Crippen molar-refractivity contribution in [1.29, 1.82) is 0 Å². The van der Waals surface area contributed by atoms with Gasteiger partial charge in [0.25, 0.3) is 5.91 Å². The summed E-state index contributed by atoms with van der Waals surface area (Å²) >= 11 is 0. The summed E-state index contributed by atoms with van der Waals surface area (Å²) in [5.74, 6) is -6.03. The van der Waals surface area contributed by atoms with Gasteiger partial charge in [-0.2, -0.15) is 48.3 Å². The van der Waals surface area contributed by atoms with Gasteiger partial charge in [0.2, 0.25) is 0 Å². The molecular formula is C26H18F11N3O7. The molecule has 0 atom stereocenters. The molecule has 0 spiro atoms. The van der Waals surface area contributed by atoms with Gasteiger partial charge in [0, 0.05) is 34.8 Å². The molecule has 0 saturated carbocycles. The number of hydrogen-bond donors (Lipinski definition) is 2. The van der Waals surface area contributed by atoms with Gasteiger partial charge in [-0.3, -0.25) is 14.8 Å². The Morgan fingerprint density at radius 1 is 0.915 bits per heavy atom. The Bertz CT molecular complexity index is 1550. The number of alkyl halides is 11. The van der Waals surface area contributed by atoms with Gasteiger partial charge in [0.05, 0.1) is 18.4 Å². The van der Waals surface area contributed by atoms with Crippen LogP contribution < -0.4 is 14.4 Å². The number of nitrogens with zero attached hydrogens (tertiary/aromatic N) is 3. The molecule has 1 aromatic carbocycles. The third-order valence-corrected chi connectivity index (χ3v) is 5.44. The fraction of sp³-hybridized carbons (Fsp3) is 0.269. The number of rotatable bonds is 6. The summed E-state index contributed by atoms with van der Waals surface area (Å²) in [6.07, 6.45) is -10.7. The number of carboxylic acid groups (broad SMARTS) is 2. The summed E-state index contributed by atoms with van der Waals surface area (Å²) in [5, 5.41) is 14.2. The monoisotopic (exact) mass is 693 g/mol. The minimum Gasteiger partial charge on any atom is -0.482 e. The van der Waals surface area contributed by atoms with Gasteiger partial charge in [0.15, 0.2) is 6.61 Å². The number of aliphatic carboxylic acids is 2. The lowest BCUT2D eigenvalue weighted by atomic mass is 10.00. The highest BCUT2D eigenvalue weighted by atomic mass is 19.4. The Kier molecular flexibility index (Phi) is 12.0. The summed E-state index contributed by atoms with van der Waals surface area (Å²) in [4.78, 5) is 40.5. The smallest absolute Gasteiger partial charge is 0.482 e. The van der Waals surface area contributed by atoms with E-state index in [9.17, 15) is 53.1 Å². The number of carboxylic acids is 2. The van der Waals surface area contributed by atoms with E-state index in [0.717, 1.165) is 0 Å². The van der Waals surface area contributed by atoms with E-state index in [0.29, 0.717) is 33.6 Å². The molecule has 4 rings (SSSR count). The van der Waals surface area contributed by atoms with Crippen LogP contribution >= 0.6 is 0 Å². The average Bonchev–Trinajstić information content (AvgIpc) is 3.28. The Morgan fingerprint density at radius 2 is 1.45 bits per heavy atom. The van der Waals surface area contributed by atoms with Crippen molar-refractivity contribution in [2.75, 3.05) is 11.5 Å². The van der Waals surface area contributed by atoms with Gasteiger partial charge in [-0.05, 0) is 42.8 Å². The first-order valence-electron chi connectivity index (χ1n) is 12.1. The first-order chi connectivity index (χ1) is 21.5. The lowest BCUT2D eigenvalue weighted by Gasteiger charge is -2.17. The maximum atomic E-state index is 13.0. The molecule has 256 valence electrons. The van der Waals surface area contributed by atoms with Crippen LogP contribution in [0.15, 0.2) is 48.9 Å². The van der Waals surface area contributed by atoms with Crippen LogP contribution in [0.25, 0.3) is 11.3 Å². The van der Waals surface area contributed by atoms with Crippen LogP contribution in [0.4, 0.5) is 54.0 Å². The van der Waals surface area contributed by atoms with E-state index in [1.807, 2.05) is 0 Å². The predicted octanol–water partition coefficient (Wildman–Crippen LogP) is 6.42. The number of carbonyl (C=O) groups is 3. The second kappa shape index (κ2) is 14.9. The zero-order valence-electron chi connectivity index (χ0n) is 23.0. The summed E-state index contributed by atoms with van der Waals surface area (Å²) in [7, 11) is 0. The fourth-order valence-electron chi connectivity index (χ4n) is 3.57. The topological polar surface area (TPSA) is 139 Å². The van der Waals surface area contributed by atoms with Crippen molar-refractivity contribution in [3.8, 4) is 22.8 Å². The molecular weight excluding hydrogens is 675 g/mol. The number of halogens is 11. The van der Waals surface area contributed by atoms with Crippen molar-refractivity contribution in [2.45, 2.75) is 38.6 Å². The molecule has 0 bridgehead atoms. The maximum absolute atomic E-state index is 13.0. The molecule has 0 aliphatic carbocycles. The van der Waals surface area contributed by atoms with Gasteiger partial charge < -0.3 is 24.6 Å². The van der Waals surface area contributed by atoms with Crippen LogP contribution in [-0.2, 0) is 16.1 Å². The van der Waals surface area contributed by atoms with Crippen molar-refractivity contribution in [3.63, 3.8) is 0 Å². The van der Waals surface area contributed by atoms with Crippen molar-refractivity contribution >= 4 is 23.5 Å². The first-order valence-corrected chi connectivity index (χ1v) is 12.1. The highest BCUT2D eigenvalue weighted by molar-refractivity contribution is 6.11. The molecule has 10 nitrogen and oxygen atoms in total. The van der Waals surface area contributed by atoms with E-state index in [4.69, 9.17) is 24.5 Å². The van der Waals surface area contributed by atoms with E-state index >= 15 is 0 Å². The third kappa shape index (κ3) is 11.0. The quantitative estimate of drug-likeness (QED) is 0.280. The summed E-state index contributed by atoms with van der Waals surface area (Å²) in [6.45, 7) is -2.75. The zero-order valence-corrected chi connectivity index (χ0v) is 23.0. The van der Waals surface area contributed by atoms with Crippen LogP contribution in [0.5, 0.6) is 11.5 Å². The fourth-order valence-corrected chi connectivity index (χ4v) is 3.57. The third-order valence-electron chi connectivity index (χ3n) is 5.44. The highest BCUT2D eigenvalue weighted by Gasteiger charge is 2.39. The Balaban J connectivity index is 0.000000459. The Morgan fingerprint density at radius 3 is 1.91 bits per heavy atom. The predicted molar refractivity (Wildman–Crippen MR) is 135 cm³/mol. The van der Waals surface area contributed by atoms with Crippen LogP contribution in [0.3, 0.4) is 0 Å². The van der Waals surface area contributed by atoms with Crippen LogP contribution in [-0.4, -0.2) is 69.8 Å². The Labute approximate surface area is 255 Å². The molecule has 2 aromatic heterocycles. The largest absolute Gasteiger partial charge is 0.490 e. The van der Waals surface area contributed by atoms with Crippen molar-refractivity contribution in [1.82, 2.24) is 9.97 Å². The summed E-state index contributed by atoms with van der Waals surface area (Å²) < 4.78 is 136. The molecule has 0 unspecified atom stereocenters. The molecule has 0 radical (unpaired) electrons. The average molecular weight is 693 g/mol. The number of ether oxygens (including phenoxy) is 2. The van der Waals surface area contributed by atoms with Crippen LogP contribution in [0.2, 0.25) is 0 Å². The summed E-state index contributed by atoms with van der Waals surface area (Å²) in [5.41, 5.74) is 2.39. The standard InChI is InChI=1S/C22H16F5N3O3.2C2HF3O2/c1-12-8-28-9-17(32-11-22(25,26)27)18(12)19-16-10-30(20(31)15(16)6-7-29-19)13-2-4-14(5-3-13)33-21(23)24;2*3-2(4,5)1(6)7/h2-9,21H,10-11H2,1H3;2*(H,6,7). The lowest BCUT2D eigenvalue weighted by molar-refractivity contribution is -0.193. The highest BCUT2D eigenvalue weighted by Crippen LogP contribution is 2.39. The molecule has 0 saturated heterocycles. The molecule has 1 amide bonds. The maximum Gasteiger partial charge on any atom is 0.490 e. The molecule has 3 heterocycles. The van der Waals surface area contributed by atoms with Gasteiger partial charge in [-0.1, -0.05) is 0 Å². The van der Waals surface area contributed by atoms with E-state index in [1.165, 1.54) is 53.8 Å². The molecule has 47 heavy (non-hydrogen) atoms. The number of hydrogen-bond acceptors (Lipinski definition) is 7. The second-order valence-electron chi connectivity index (χ2n) is 8.79. The van der Waals surface area contributed by atoms with Crippen LogP contribution in [0.1, 0.15) is 21.5 Å². The number of aryl methyl sites for hydroxylation is 1. The van der Waals surface area contributed by atoms with Crippen molar-refractivity contribution < 1.29 is 82.4 Å². The number of carbonyl (C=O) groups excluding carboxylic acids is 1. The number of anilines is 1. The zero-order chi connectivity index (χ0) is 35.9. The van der Waals surface area contributed by atoms with E-state index < -0.39 is 43.7 Å². The van der Waals surface area contributed by atoms with E-state index in [2.05, 4.69) is 14.7 Å². The molecule has 1 aliphatic heterocycles. The van der Waals surface area contributed by atoms with Crippen LogP contribution in [0, 0.1) is 6.92 Å². The molecule has 2 N–H and O–H groups in total. The normalized spacial score (nSPS) is 12.8. The van der Waals surface area contributed by atoms with Gasteiger partial charge >= 0.3 is 37.1 Å². The van der Waals surface area contributed by atoms with E-state index in [1.54, 1.807) is 6.92 Å². The Hall–Kier alpha value is -5.24. The SMILES string of the molecule is Cc1cncc(OCC(F)(F)F)c1-c1nccc2c1CN(c1ccc(OC(F)F)cc1)C2=O.O=C(O)C(F)(F)F.O=C(O)C(F)(F)F. The lowest BCUT2D eigenvalue weighted by Crippen LogP contribution is -2.22. The molecule has 0 fully saturated rings. The van der Waals surface area contributed by atoms with Gasteiger partial charge in [-0.25, -0.2) is 9.59 Å². The number of aromatic nitrogens is 2. The van der Waals surface area contributed by atoms with Crippen molar-refractivity contribution in [3.05, 3.63) is 65.6 Å².